The van der Waals surface area contributed by atoms with Crippen molar-refractivity contribution in [3.05, 3.63) is 301 Å². The van der Waals surface area contributed by atoms with Crippen molar-refractivity contribution in [3.63, 3.8) is 0 Å². The van der Waals surface area contributed by atoms with Crippen LogP contribution in [-0.2, 0) is 8.85 Å². The van der Waals surface area contributed by atoms with Crippen molar-refractivity contribution in [2.75, 3.05) is 13.2 Å². The predicted octanol–water partition coefficient (Wildman–Crippen LogP) is 11.7. The quantitative estimate of drug-likeness (QED) is 0.0546. The van der Waals surface area contributed by atoms with E-state index in [4.69, 9.17) is 8.85 Å². The Balaban J connectivity index is 1.09. The van der Waals surface area contributed by atoms with Gasteiger partial charge in [-0.2, -0.15) is 0 Å². The van der Waals surface area contributed by atoms with Crippen LogP contribution >= 0.6 is 0 Å². The SMILES string of the molecule is c1ccc([Si](OCCCC(CO[Si](c2ccccc2)(c2ccccc2)c2ccccc2)(C2c3ccccc3-c3ccccc32)C2c3ccccc3-c3ccccc32)(c2ccccc2)c2ccccc2)cc1. The number of hydrogen-bond acceptors (Lipinski definition) is 2. The van der Waals surface area contributed by atoms with Gasteiger partial charge in [0.2, 0.25) is 0 Å². The molecule has 0 atom stereocenters. The highest BCUT2D eigenvalue weighted by Gasteiger charge is 2.55. The predicted molar refractivity (Wildman–Crippen MR) is 299 cm³/mol. The first-order chi connectivity index (χ1) is 35.2. The average Bonchev–Trinajstić information content (AvgIpc) is 3.98. The molecule has 0 spiro atoms. The highest BCUT2D eigenvalue weighted by Crippen LogP contribution is 2.64. The van der Waals surface area contributed by atoms with E-state index in [-0.39, 0.29) is 11.8 Å². The molecule has 0 unspecified atom stereocenters. The van der Waals surface area contributed by atoms with Crippen LogP contribution in [0.25, 0.3) is 22.3 Å². The summed E-state index contributed by atoms with van der Waals surface area (Å²) in [4.78, 5) is 0. The molecule has 2 aliphatic rings. The van der Waals surface area contributed by atoms with Gasteiger partial charge in [0, 0.05) is 30.5 Å². The summed E-state index contributed by atoms with van der Waals surface area (Å²) in [5, 5.41) is 7.44. The molecule has 0 saturated carbocycles. The van der Waals surface area contributed by atoms with Gasteiger partial charge in [-0.15, -0.1) is 0 Å². The molecule has 10 aromatic carbocycles. The molecule has 0 bridgehead atoms. The Hall–Kier alpha value is -7.45. The lowest BCUT2D eigenvalue weighted by Gasteiger charge is -2.48. The van der Waals surface area contributed by atoms with Crippen LogP contribution in [0.5, 0.6) is 0 Å². The maximum atomic E-state index is 8.45. The first-order valence-corrected chi connectivity index (χ1v) is 29.0. The molecule has 0 heterocycles. The van der Waals surface area contributed by atoms with Gasteiger partial charge in [-0.25, -0.2) is 0 Å². The smallest absolute Gasteiger partial charge is 0.288 e. The summed E-state index contributed by atoms with van der Waals surface area (Å²) in [6.07, 6.45) is 1.64. The van der Waals surface area contributed by atoms with Gasteiger partial charge in [0.05, 0.1) is 0 Å². The lowest BCUT2D eigenvalue weighted by molar-refractivity contribution is 0.0878. The summed E-state index contributed by atoms with van der Waals surface area (Å²) in [6, 6.07) is 103. The van der Waals surface area contributed by atoms with Crippen LogP contribution in [-0.4, -0.2) is 29.8 Å². The molecule has 12 rings (SSSR count). The topological polar surface area (TPSA) is 18.5 Å². The second-order valence-electron chi connectivity index (χ2n) is 19.2. The molecule has 4 heteroatoms. The number of hydrogen-bond donors (Lipinski definition) is 0. The standard InChI is InChI=1S/C67H56O2Si2/c1-7-28-51(29-8-1)70(52-30-9-2-10-31-52,53-32-11-3-12-33-53)68-49-27-48-67(65-61-44-23-19-40-57(61)58-41-20-24-45-62(58)65,66-63-46-25-21-42-59(63)60-43-22-26-47-64(60)66)50-69-71(54-34-13-4-14-35-54,55-36-15-5-16-37-55)56-38-17-6-18-39-56/h1-26,28-47,65-66H,27,48-50H2. The zero-order chi connectivity index (χ0) is 47.5. The third kappa shape index (κ3) is 7.70. The zero-order valence-electron chi connectivity index (χ0n) is 39.9. The van der Waals surface area contributed by atoms with Crippen LogP contribution in [0.3, 0.4) is 0 Å². The van der Waals surface area contributed by atoms with Crippen molar-refractivity contribution in [2.45, 2.75) is 24.7 Å². The van der Waals surface area contributed by atoms with Gasteiger partial charge >= 0.3 is 0 Å². The van der Waals surface area contributed by atoms with Gasteiger partial charge in [0.1, 0.15) is 0 Å². The molecule has 0 aromatic heterocycles. The van der Waals surface area contributed by atoms with E-state index in [2.05, 4.69) is 279 Å². The van der Waals surface area contributed by atoms with Crippen molar-refractivity contribution in [1.29, 1.82) is 0 Å². The zero-order valence-corrected chi connectivity index (χ0v) is 41.9. The molecule has 10 aromatic rings. The van der Waals surface area contributed by atoms with Crippen LogP contribution in [0.15, 0.2) is 279 Å². The van der Waals surface area contributed by atoms with Crippen molar-refractivity contribution in [2.24, 2.45) is 5.41 Å². The number of fused-ring (bicyclic) bond motifs is 6. The minimum atomic E-state index is -3.24. The fourth-order valence-corrected chi connectivity index (χ4v) is 20.6. The maximum absolute atomic E-state index is 8.45. The van der Waals surface area contributed by atoms with Crippen LogP contribution in [0.4, 0.5) is 0 Å². The third-order valence-corrected chi connectivity index (χ3v) is 23.7. The first-order valence-electron chi connectivity index (χ1n) is 25.2. The van der Waals surface area contributed by atoms with Gasteiger partial charge < -0.3 is 8.85 Å². The van der Waals surface area contributed by atoms with Gasteiger partial charge in [-0.1, -0.05) is 279 Å². The maximum Gasteiger partial charge on any atom is 0.288 e. The molecule has 0 fully saturated rings. The Morgan fingerprint density at radius 1 is 0.282 bits per heavy atom. The number of benzene rings is 10. The van der Waals surface area contributed by atoms with E-state index >= 15 is 0 Å². The largest absolute Gasteiger partial charge is 0.404 e. The second kappa shape index (κ2) is 19.4. The highest BCUT2D eigenvalue weighted by molar-refractivity contribution is 7.07. The van der Waals surface area contributed by atoms with E-state index in [1.54, 1.807) is 0 Å². The van der Waals surface area contributed by atoms with Gasteiger partial charge in [-0.3, -0.25) is 0 Å². The molecule has 0 radical (unpaired) electrons. The molecule has 0 aliphatic heterocycles. The lowest BCUT2D eigenvalue weighted by atomic mass is 9.59. The normalized spacial score (nSPS) is 13.3. The number of rotatable bonds is 16. The van der Waals surface area contributed by atoms with Crippen molar-refractivity contribution < 1.29 is 8.85 Å². The summed E-state index contributed by atoms with van der Waals surface area (Å²) in [6.45, 7) is 1.06. The summed E-state index contributed by atoms with van der Waals surface area (Å²) >= 11 is 0. The molecule has 0 saturated heterocycles. The van der Waals surface area contributed by atoms with Crippen LogP contribution in [0.1, 0.15) is 46.9 Å². The monoisotopic (exact) mass is 948 g/mol. The van der Waals surface area contributed by atoms with E-state index in [1.807, 2.05) is 0 Å². The first kappa shape index (κ1) is 44.7. The molecule has 2 aliphatic carbocycles. The lowest BCUT2D eigenvalue weighted by Crippen LogP contribution is -2.70. The van der Waals surface area contributed by atoms with E-state index in [9.17, 15) is 0 Å². The molecule has 2 nitrogen and oxygen atoms in total. The van der Waals surface area contributed by atoms with Gasteiger partial charge in [0.15, 0.2) is 0 Å². The third-order valence-electron chi connectivity index (χ3n) is 15.6. The fraction of sp³-hybridized carbons (Fsp3) is 0.104. The Bertz CT molecular complexity index is 3000. The molecular formula is C67H56O2Si2. The summed E-state index contributed by atoms with van der Waals surface area (Å²) in [5.41, 5.74) is 10.2. The van der Waals surface area contributed by atoms with E-state index in [0.717, 1.165) is 12.8 Å². The summed E-state index contributed by atoms with van der Waals surface area (Å²) in [7, 11) is -6.25. The van der Waals surface area contributed by atoms with E-state index in [1.165, 1.54) is 75.6 Å². The summed E-state index contributed by atoms with van der Waals surface area (Å²) < 4.78 is 16.3. The van der Waals surface area contributed by atoms with Crippen LogP contribution in [0.2, 0.25) is 0 Å². The second-order valence-corrected chi connectivity index (χ2v) is 26.0. The van der Waals surface area contributed by atoms with Gasteiger partial charge in [0.25, 0.3) is 16.6 Å². The van der Waals surface area contributed by atoms with Crippen molar-refractivity contribution >= 4 is 47.8 Å². The molecule has 71 heavy (non-hydrogen) atoms. The fourth-order valence-electron chi connectivity index (χ4n) is 12.7. The molecule has 0 N–H and O–H groups in total. The van der Waals surface area contributed by atoms with E-state index < -0.39 is 22.0 Å². The summed E-state index contributed by atoms with van der Waals surface area (Å²) in [5.74, 6) is -0.0139. The molecule has 344 valence electrons. The average molecular weight is 949 g/mol. The minimum Gasteiger partial charge on any atom is -0.404 e. The highest BCUT2D eigenvalue weighted by atomic mass is 28.4. The van der Waals surface area contributed by atoms with E-state index in [0.29, 0.717) is 13.2 Å². The Morgan fingerprint density at radius 3 is 0.803 bits per heavy atom. The minimum absolute atomic E-state index is 0.00694. The van der Waals surface area contributed by atoms with Crippen molar-refractivity contribution in [3.8, 4) is 22.3 Å². The van der Waals surface area contributed by atoms with Gasteiger partial charge in [-0.05, 0) is 88.5 Å². The Kier molecular flexibility index (Phi) is 12.2. The van der Waals surface area contributed by atoms with Crippen LogP contribution in [0, 0.1) is 5.41 Å². The van der Waals surface area contributed by atoms with Crippen LogP contribution < -0.4 is 31.1 Å². The van der Waals surface area contributed by atoms with Crippen molar-refractivity contribution in [1.82, 2.24) is 0 Å². The Labute approximate surface area is 421 Å². The molecular weight excluding hydrogens is 893 g/mol. The molecule has 0 amide bonds. The Morgan fingerprint density at radius 2 is 0.521 bits per heavy atom.